The van der Waals surface area contributed by atoms with E-state index in [4.69, 9.17) is 13.9 Å². The molecule has 7 heteroatoms. The summed E-state index contributed by atoms with van der Waals surface area (Å²) in [6.07, 6.45) is 1.74. The Morgan fingerprint density at radius 1 is 0.906 bits per heavy atom. The second-order valence-corrected chi connectivity index (χ2v) is 7.08. The highest BCUT2D eigenvalue weighted by Crippen LogP contribution is 2.26. The summed E-state index contributed by atoms with van der Waals surface area (Å²) in [6, 6.07) is 19.3. The van der Waals surface area contributed by atoms with Gasteiger partial charge in [-0.1, -0.05) is 12.1 Å². The van der Waals surface area contributed by atoms with Crippen LogP contribution in [0.3, 0.4) is 0 Å². The number of benzene rings is 3. The van der Waals surface area contributed by atoms with Crippen molar-refractivity contribution >= 4 is 34.2 Å². The number of carbonyl (C=O) groups is 2. The first kappa shape index (κ1) is 21.0. The van der Waals surface area contributed by atoms with E-state index < -0.39 is 0 Å². The maximum atomic E-state index is 12.5. The third kappa shape index (κ3) is 4.57. The number of amides is 2. The first-order chi connectivity index (χ1) is 15.6. The predicted molar refractivity (Wildman–Crippen MR) is 122 cm³/mol. The van der Waals surface area contributed by atoms with E-state index in [0.717, 1.165) is 10.9 Å². The van der Waals surface area contributed by atoms with Crippen molar-refractivity contribution in [3.8, 4) is 11.5 Å². The van der Waals surface area contributed by atoms with Crippen LogP contribution in [0.2, 0.25) is 0 Å². The van der Waals surface area contributed by atoms with Gasteiger partial charge in [0.2, 0.25) is 5.91 Å². The van der Waals surface area contributed by atoms with E-state index in [-0.39, 0.29) is 18.2 Å². The molecule has 3 aromatic carbocycles. The Morgan fingerprint density at radius 2 is 1.69 bits per heavy atom. The summed E-state index contributed by atoms with van der Waals surface area (Å²) >= 11 is 0. The number of furan rings is 1. The van der Waals surface area contributed by atoms with Gasteiger partial charge < -0.3 is 24.5 Å². The van der Waals surface area contributed by atoms with Crippen LogP contribution in [0.5, 0.6) is 11.5 Å². The summed E-state index contributed by atoms with van der Waals surface area (Å²) in [5, 5.41) is 6.53. The Labute approximate surface area is 184 Å². The van der Waals surface area contributed by atoms with Crippen LogP contribution in [0.25, 0.3) is 11.0 Å². The number of para-hydroxylation sites is 2. The molecule has 2 amide bonds. The highest BCUT2D eigenvalue weighted by atomic mass is 16.5. The van der Waals surface area contributed by atoms with Gasteiger partial charge in [-0.2, -0.15) is 0 Å². The molecule has 0 aliphatic carbocycles. The normalized spacial score (nSPS) is 10.6. The largest absolute Gasteiger partial charge is 0.497 e. The minimum atomic E-state index is -0.271. The Kier molecular flexibility index (Phi) is 6.07. The maximum absolute atomic E-state index is 12.5. The second kappa shape index (κ2) is 9.26. The number of hydrogen-bond donors (Lipinski definition) is 2. The van der Waals surface area contributed by atoms with Gasteiger partial charge in [-0.05, 0) is 48.5 Å². The molecule has 0 aliphatic rings. The van der Waals surface area contributed by atoms with Crippen molar-refractivity contribution in [1.29, 1.82) is 0 Å². The molecule has 32 heavy (non-hydrogen) atoms. The molecule has 0 aliphatic heterocycles. The predicted octanol–water partition coefficient (Wildman–Crippen LogP) is 4.88. The fourth-order valence-electron chi connectivity index (χ4n) is 3.35. The molecular weight excluding hydrogens is 408 g/mol. The van der Waals surface area contributed by atoms with Crippen LogP contribution in [0.4, 0.5) is 11.4 Å². The van der Waals surface area contributed by atoms with Crippen LogP contribution >= 0.6 is 0 Å². The van der Waals surface area contributed by atoms with E-state index in [0.29, 0.717) is 34.0 Å². The van der Waals surface area contributed by atoms with Gasteiger partial charge in [0.15, 0.2) is 0 Å². The highest BCUT2D eigenvalue weighted by molar-refractivity contribution is 6.05. The number of rotatable bonds is 7. The zero-order valence-corrected chi connectivity index (χ0v) is 17.7. The number of nitrogens with one attached hydrogen (secondary N) is 2. The molecule has 1 aromatic heterocycles. The van der Waals surface area contributed by atoms with Crippen molar-refractivity contribution in [2.24, 2.45) is 0 Å². The lowest BCUT2D eigenvalue weighted by atomic mass is 10.1. The number of hydrogen-bond acceptors (Lipinski definition) is 5. The van der Waals surface area contributed by atoms with Crippen molar-refractivity contribution in [3.05, 3.63) is 84.1 Å². The molecule has 1 heterocycles. The molecule has 2 N–H and O–H groups in total. The SMILES string of the molecule is COc1ccc2c(CC(=O)Nc3ccc(C(=O)Nc4ccccc4OC)cc3)coc2c1. The van der Waals surface area contributed by atoms with Gasteiger partial charge in [0.25, 0.3) is 5.91 Å². The molecule has 4 rings (SSSR count). The van der Waals surface area contributed by atoms with Crippen LogP contribution in [0.15, 0.2) is 77.4 Å². The lowest BCUT2D eigenvalue weighted by Crippen LogP contribution is -2.15. The summed E-state index contributed by atoms with van der Waals surface area (Å²) in [5.41, 5.74) is 3.09. The van der Waals surface area contributed by atoms with Crippen molar-refractivity contribution in [2.75, 3.05) is 24.9 Å². The number of fused-ring (bicyclic) bond motifs is 1. The van der Waals surface area contributed by atoms with Gasteiger partial charge >= 0.3 is 0 Å². The van der Waals surface area contributed by atoms with Gasteiger partial charge in [-0.25, -0.2) is 0 Å². The average Bonchev–Trinajstić information content (AvgIpc) is 3.21. The summed E-state index contributed by atoms with van der Waals surface area (Å²) in [7, 11) is 3.14. The molecule has 4 aromatic rings. The van der Waals surface area contributed by atoms with E-state index in [1.165, 1.54) is 0 Å². The van der Waals surface area contributed by atoms with Crippen molar-refractivity contribution in [2.45, 2.75) is 6.42 Å². The summed E-state index contributed by atoms with van der Waals surface area (Å²) in [4.78, 5) is 25.0. The molecule has 0 saturated heterocycles. The van der Waals surface area contributed by atoms with E-state index in [1.54, 1.807) is 62.9 Å². The molecule has 0 atom stereocenters. The van der Waals surface area contributed by atoms with Crippen LogP contribution in [0.1, 0.15) is 15.9 Å². The third-order valence-electron chi connectivity index (χ3n) is 5.00. The van der Waals surface area contributed by atoms with E-state index in [1.807, 2.05) is 24.3 Å². The monoisotopic (exact) mass is 430 g/mol. The topological polar surface area (TPSA) is 89.8 Å². The molecule has 7 nitrogen and oxygen atoms in total. The van der Waals surface area contributed by atoms with Gasteiger partial charge in [0, 0.05) is 28.3 Å². The van der Waals surface area contributed by atoms with E-state index in [2.05, 4.69) is 10.6 Å². The van der Waals surface area contributed by atoms with Crippen molar-refractivity contribution < 1.29 is 23.5 Å². The highest BCUT2D eigenvalue weighted by Gasteiger charge is 2.13. The van der Waals surface area contributed by atoms with Crippen LogP contribution in [-0.4, -0.2) is 26.0 Å². The Balaban J connectivity index is 1.39. The van der Waals surface area contributed by atoms with E-state index >= 15 is 0 Å². The minimum Gasteiger partial charge on any atom is -0.497 e. The molecule has 0 spiro atoms. The lowest BCUT2D eigenvalue weighted by molar-refractivity contribution is -0.115. The Morgan fingerprint density at radius 3 is 2.44 bits per heavy atom. The fourth-order valence-corrected chi connectivity index (χ4v) is 3.35. The van der Waals surface area contributed by atoms with Crippen molar-refractivity contribution in [1.82, 2.24) is 0 Å². The van der Waals surface area contributed by atoms with Gasteiger partial charge in [-0.3, -0.25) is 9.59 Å². The van der Waals surface area contributed by atoms with Gasteiger partial charge in [0.1, 0.15) is 17.1 Å². The van der Waals surface area contributed by atoms with Crippen LogP contribution in [0, 0.1) is 0 Å². The molecule has 0 saturated carbocycles. The molecule has 0 fully saturated rings. The van der Waals surface area contributed by atoms with Gasteiger partial charge in [0.05, 0.1) is 32.6 Å². The van der Waals surface area contributed by atoms with Crippen LogP contribution in [-0.2, 0) is 11.2 Å². The summed E-state index contributed by atoms with van der Waals surface area (Å²) in [6.45, 7) is 0. The fraction of sp³-hybridized carbons (Fsp3) is 0.120. The average molecular weight is 430 g/mol. The first-order valence-corrected chi connectivity index (χ1v) is 9.96. The van der Waals surface area contributed by atoms with Gasteiger partial charge in [-0.15, -0.1) is 0 Å². The molecule has 162 valence electrons. The number of methoxy groups -OCH3 is 2. The zero-order valence-electron chi connectivity index (χ0n) is 17.7. The molecule has 0 radical (unpaired) electrons. The molecule has 0 bridgehead atoms. The molecule has 0 unspecified atom stereocenters. The third-order valence-corrected chi connectivity index (χ3v) is 5.00. The standard InChI is InChI=1S/C25H22N2O5/c1-30-19-11-12-20-17(15-32-23(20)14-19)13-24(28)26-18-9-7-16(8-10-18)25(29)27-21-5-3-4-6-22(21)31-2/h3-12,14-15H,13H2,1-2H3,(H,26,28)(H,27,29). The van der Waals surface area contributed by atoms with Crippen LogP contribution < -0.4 is 20.1 Å². The number of ether oxygens (including phenoxy) is 2. The quantitative estimate of drug-likeness (QED) is 0.436. The van der Waals surface area contributed by atoms with E-state index in [9.17, 15) is 9.59 Å². The lowest BCUT2D eigenvalue weighted by Gasteiger charge is -2.10. The Bertz CT molecular complexity index is 1260. The second-order valence-electron chi connectivity index (χ2n) is 7.08. The Hall–Kier alpha value is -4.26. The first-order valence-electron chi connectivity index (χ1n) is 9.96. The molecular formula is C25H22N2O5. The smallest absolute Gasteiger partial charge is 0.255 e. The minimum absolute atomic E-state index is 0.162. The number of carbonyl (C=O) groups excluding carboxylic acids is 2. The number of anilines is 2. The maximum Gasteiger partial charge on any atom is 0.255 e. The summed E-state index contributed by atoms with van der Waals surface area (Å²) < 4.78 is 16.0. The van der Waals surface area contributed by atoms with Crippen molar-refractivity contribution in [3.63, 3.8) is 0 Å². The zero-order chi connectivity index (χ0) is 22.5. The summed E-state index contributed by atoms with van der Waals surface area (Å²) in [5.74, 6) is 0.815.